The van der Waals surface area contributed by atoms with E-state index in [-0.39, 0.29) is 0 Å². The molecule has 108 valence electrons. The minimum absolute atomic E-state index is 0.356. The van der Waals surface area contributed by atoms with Crippen molar-refractivity contribution in [1.82, 2.24) is 0 Å². The summed E-state index contributed by atoms with van der Waals surface area (Å²) in [6.45, 7) is 9.61. The highest BCUT2D eigenvalue weighted by atomic mass is 16.1. The Hall–Kier alpha value is -0.330. The van der Waals surface area contributed by atoms with Gasteiger partial charge in [0.15, 0.2) is 0 Å². The second-order valence-electron chi connectivity index (χ2n) is 8.57. The lowest BCUT2D eigenvalue weighted by molar-refractivity contribution is -0.153. The maximum atomic E-state index is 12.7. The molecule has 0 aromatic heterocycles. The predicted molar refractivity (Wildman–Crippen MR) is 78.8 cm³/mol. The van der Waals surface area contributed by atoms with Gasteiger partial charge in [-0.05, 0) is 54.3 Å². The van der Waals surface area contributed by atoms with Gasteiger partial charge in [-0.15, -0.1) is 0 Å². The molecule has 0 N–H and O–H groups in total. The van der Waals surface area contributed by atoms with Crippen molar-refractivity contribution in [3.05, 3.63) is 0 Å². The van der Waals surface area contributed by atoms with E-state index in [9.17, 15) is 4.79 Å². The Morgan fingerprint density at radius 2 is 1.79 bits per heavy atom. The van der Waals surface area contributed by atoms with Gasteiger partial charge in [-0.3, -0.25) is 4.79 Å². The maximum absolute atomic E-state index is 12.7. The van der Waals surface area contributed by atoms with Gasteiger partial charge in [-0.25, -0.2) is 0 Å². The molecular formula is C18H30O. The van der Waals surface area contributed by atoms with Gasteiger partial charge in [0.05, 0.1) is 0 Å². The van der Waals surface area contributed by atoms with Gasteiger partial charge in [0, 0.05) is 12.3 Å². The third kappa shape index (κ3) is 1.91. The zero-order valence-corrected chi connectivity index (χ0v) is 13.2. The van der Waals surface area contributed by atoms with Gasteiger partial charge >= 0.3 is 0 Å². The van der Waals surface area contributed by atoms with Crippen LogP contribution in [0.2, 0.25) is 0 Å². The van der Waals surface area contributed by atoms with Crippen LogP contribution in [-0.2, 0) is 4.79 Å². The van der Waals surface area contributed by atoms with E-state index in [4.69, 9.17) is 0 Å². The third-order valence-electron chi connectivity index (χ3n) is 7.42. The fourth-order valence-corrected chi connectivity index (χ4v) is 5.65. The number of ketones is 1. The van der Waals surface area contributed by atoms with E-state index in [0.29, 0.717) is 40.3 Å². The summed E-state index contributed by atoms with van der Waals surface area (Å²) in [4.78, 5) is 12.7. The van der Waals surface area contributed by atoms with Gasteiger partial charge in [0.2, 0.25) is 0 Å². The molecule has 3 rings (SSSR count). The van der Waals surface area contributed by atoms with Crippen molar-refractivity contribution < 1.29 is 4.79 Å². The Balaban J connectivity index is 1.95. The highest BCUT2D eigenvalue weighted by Gasteiger charge is 2.57. The molecule has 1 heteroatoms. The molecule has 0 aromatic carbocycles. The quantitative estimate of drug-likeness (QED) is 0.610. The summed E-state index contributed by atoms with van der Waals surface area (Å²) in [6, 6.07) is 0. The fraction of sp³-hybridized carbons (Fsp3) is 0.944. The van der Waals surface area contributed by atoms with Crippen LogP contribution in [0, 0.1) is 34.5 Å². The highest BCUT2D eigenvalue weighted by Crippen LogP contribution is 2.61. The number of fused-ring (bicyclic) bond motifs is 3. The van der Waals surface area contributed by atoms with E-state index < -0.39 is 0 Å². The molecule has 0 aliphatic heterocycles. The second kappa shape index (κ2) is 4.33. The van der Waals surface area contributed by atoms with Gasteiger partial charge in [0.1, 0.15) is 5.78 Å². The number of rotatable bonds is 0. The maximum Gasteiger partial charge on any atom is 0.136 e. The minimum Gasteiger partial charge on any atom is -0.299 e. The zero-order valence-electron chi connectivity index (χ0n) is 13.2. The number of hydrogen-bond acceptors (Lipinski definition) is 1. The summed E-state index contributed by atoms with van der Waals surface area (Å²) < 4.78 is 0. The first-order valence-electron chi connectivity index (χ1n) is 8.39. The first-order valence-corrected chi connectivity index (χ1v) is 8.39. The van der Waals surface area contributed by atoms with Crippen LogP contribution in [0.5, 0.6) is 0 Å². The topological polar surface area (TPSA) is 17.1 Å². The molecule has 0 amide bonds. The normalized spacial score (nSPS) is 49.4. The van der Waals surface area contributed by atoms with E-state index >= 15 is 0 Å². The van der Waals surface area contributed by atoms with Crippen molar-refractivity contribution in [1.29, 1.82) is 0 Å². The summed E-state index contributed by atoms with van der Waals surface area (Å²) in [5, 5.41) is 0. The average molecular weight is 262 g/mol. The van der Waals surface area contributed by atoms with Crippen LogP contribution in [0.3, 0.4) is 0 Å². The van der Waals surface area contributed by atoms with Crippen LogP contribution in [0.1, 0.15) is 72.6 Å². The smallest absolute Gasteiger partial charge is 0.136 e. The summed E-state index contributed by atoms with van der Waals surface area (Å²) >= 11 is 0. The molecule has 5 unspecified atom stereocenters. The van der Waals surface area contributed by atoms with Gasteiger partial charge in [-0.2, -0.15) is 0 Å². The molecule has 0 saturated heterocycles. The van der Waals surface area contributed by atoms with Crippen molar-refractivity contribution >= 4 is 5.78 Å². The molecule has 3 fully saturated rings. The van der Waals surface area contributed by atoms with Crippen molar-refractivity contribution in [2.24, 2.45) is 34.5 Å². The molecule has 1 nitrogen and oxygen atoms in total. The monoisotopic (exact) mass is 262 g/mol. The first-order chi connectivity index (χ1) is 8.86. The van der Waals surface area contributed by atoms with Crippen LogP contribution in [-0.4, -0.2) is 5.78 Å². The van der Waals surface area contributed by atoms with E-state index in [1.54, 1.807) is 0 Å². The van der Waals surface area contributed by atoms with Crippen LogP contribution < -0.4 is 0 Å². The molecule has 3 aliphatic carbocycles. The summed E-state index contributed by atoms with van der Waals surface area (Å²) in [5.41, 5.74) is 0.830. The Morgan fingerprint density at radius 3 is 2.53 bits per heavy atom. The predicted octanol–water partition coefficient (Wildman–Crippen LogP) is 4.84. The van der Waals surface area contributed by atoms with Gasteiger partial charge in [0.25, 0.3) is 0 Å². The number of hydrogen-bond donors (Lipinski definition) is 0. The van der Waals surface area contributed by atoms with Crippen LogP contribution in [0.15, 0.2) is 0 Å². The van der Waals surface area contributed by atoms with E-state index in [0.717, 1.165) is 6.42 Å². The standard InChI is InChI=1S/C18H30O/c1-12-16-14(8-10-17(12,2)3)18(4)9-6-5-7-13(18)11-15(16)19/h12-14,16H,5-11H2,1-4H3. The van der Waals surface area contributed by atoms with Crippen molar-refractivity contribution in [2.75, 3.05) is 0 Å². The molecule has 0 bridgehead atoms. The fourth-order valence-electron chi connectivity index (χ4n) is 5.65. The Kier molecular flexibility index (Phi) is 3.11. The lowest BCUT2D eigenvalue weighted by atomic mass is 9.45. The lowest BCUT2D eigenvalue weighted by Gasteiger charge is -2.59. The molecule has 0 heterocycles. The third-order valence-corrected chi connectivity index (χ3v) is 7.42. The van der Waals surface area contributed by atoms with Crippen LogP contribution in [0.4, 0.5) is 0 Å². The van der Waals surface area contributed by atoms with Crippen molar-refractivity contribution in [2.45, 2.75) is 72.6 Å². The molecular weight excluding hydrogens is 232 g/mol. The lowest BCUT2D eigenvalue weighted by Crippen LogP contribution is -2.55. The molecule has 0 aromatic rings. The van der Waals surface area contributed by atoms with Crippen molar-refractivity contribution in [3.63, 3.8) is 0 Å². The minimum atomic E-state index is 0.356. The molecule has 0 spiro atoms. The SMILES string of the molecule is CC1C2C(=O)CC3CCCCC3(C)C2CCC1(C)C. The molecule has 0 radical (unpaired) electrons. The molecule has 19 heavy (non-hydrogen) atoms. The summed E-state index contributed by atoms with van der Waals surface area (Å²) in [7, 11) is 0. The van der Waals surface area contributed by atoms with E-state index in [1.807, 2.05) is 0 Å². The number of Topliss-reactive ketones (excluding diaryl/α,β-unsaturated/α-hetero) is 1. The summed E-state index contributed by atoms with van der Waals surface area (Å²) in [6.07, 6.45) is 8.92. The molecule has 3 aliphatic rings. The second-order valence-corrected chi connectivity index (χ2v) is 8.57. The first kappa shape index (κ1) is 13.6. The number of carbonyl (C=O) groups excluding carboxylic acids is 1. The van der Waals surface area contributed by atoms with Crippen LogP contribution >= 0.6 is 0 Å². The Labute approximate surface area is 118 Å². The van der Waals surface area contributed by atoms with Gasteiger partial charge < -0.3 is 0 Å². The highest BCUT2D eigenvalue weighted by molar-refractivity contribution is 5.83. The largest absolute Gasteiger partial charge is 0.299 e. The number of carbonyl (C=O) groups is 1. The average Bonchev–Trinajstić information content (AvgIpc) is 2.34. The van der Waals surface area contributed by atoms with Crippen LogP contribution in [0.25, 0.3) is 0 Å². The Morgan fingerprint density at radius 1 is 1.05 bits per heavy atom. The van der Waals surface area contributed by atoms with E-state index in [2.05, 4.69) is 27.7 Å². The van der Waals surface area contributed by atoms with Crippen molar-refractivity contribution in [3.8, 4) is 0 Å². The summed E-state index contributed by atoms with van der Waals surface area (Å²) in [5.74, 6) is 2.92. The van der Waals surface area contributed by atoms with E-state index in [1.165, 1.54) is 38.5 Å². The zero-order chi connectivity index (χ0) is 13.8. The molecule has 5 atom stereocenters. The Bertz CT molecular complexity index is 383. The molecule has 3 saturated carbocycles. The van der Waals surface area contributed by atoms with Gasteiger partial charge in [-0.1, -0.05) is 40.5 Å².